The molecule has 124 valence electrons. The summed E-state index contributed by atoms with van der Waals surface area (Å²) in [5.74, 6) is -0.715. The zero-order valence-electron chi connectivity index (χ0n) is 12.6. The van der Waals surface area contributed by atoms with Gasteiger partial charge in [-0.25, -0.2) is 17.5 Å². The molecule has 0 radical (unpaired) electrons. The van der Waals surface area contributed by atoms with Gasteiger partial charge < -0.3 is 10.1 Å². The Morgan fingerprint density at radius 3 is 2.50 bits per heavy atom. The Morgan fingerprint density at radius 1 is 1.32 bits per heavy atom. The van der Waals surface area contributed by atoms with Gasteiger partial charge in [-0.3, -0.25) is 4.79 Å². The van der Waals surface area contributed by atoms with Gasteiger partial charge in [-0.05, 0) is 24.1 Å². The van der Waals surface area contributed by atoms with Gasteiger partial charge in [0.25, 0.3) is 0 Å². The molecule has 0 saturated carbocycles. The third kappa shape index (κ3) is 7.48. The minimum Gasteiger partial charge on any atom is -0.385 e. The Labute approximate surface area is 130 Å². The van der Waals surface area contributed by atoms with Crippen LogP contribution in [0.25, 0.3) is 0 Å². The summed E-state index contributed by atoms with van der Waals surface area (Å²) in [7, 11) is -1.93. The van der Waals surface area contributed by atoms with Gasteiger partial charge in [-0.1, -0.05) is 12.1 Å². The maximum absolute atomic E-state index is 13.0. The molecule has 0 aliphatic heterocycles. The topological polar surface area (TPSA) is 84.5 Å². The van der Waals surface area contributed by atoms with Gasteiger partial charge in [-0.15, -0.1) is 0 Å². The van der Waals surface area contributed by atoms with Crippen LogP contribution in [0.3, 0.4) is 0 Å². The maximum atomic E-state index is 13.0. The van der Waals surface area contributed by atoms with Crippen molar-refractivity contribution in [3.05, 3.63) is 35.6 Å². The van der Waals surface area contributed by atoms with E-state index < -0.39 is 21.9 Å². The van der Waals surface area contributed by atoms with Gasteiger partial charge in [0.05, 0.1) is 12.3 Å². The molecule has 1 unspecified atom stereocenters. The number of carbonyl (C=O) groups excluding carboxylic acids is 1. The van der Waals surface area contributed by atoms with Crippen LogP contribution in [0.2, 0.25) is 0 Å². The minimum atomic E-state index is -3.50. The van der Waals surface area contributed by atoms with E-state index in [2.05, 4.69) is 10.0 Å². The molecule has 8 heteroatoms. The molecule has 0 aliphatic rings. The molecular formula is C14H21FN2O4S. The van der Waals surface area contributed by atoms with Gasteiger partial charge in [-0.2, -0.15) is 0 Å². The predicted octanol–water partition coefficient (Wildman–Crippen LogP) is 0.959. The van der Waals surface area contributed by atoms with Crippen LogP contribution in [0.4, 0.5) is 4.39 Å². The summed E-state index contributed by atoms with van der Waals surface area (Å²) in [5.41, 5.74) is 0.527. The van der Waals surface area contributed by atoms with E-state index in [1.54, 1.807) is 7.11 Å². The normalized spacial score (nSPS) is 12.9. The molecule has 0 saturated heterocycles. The van der Waals surface area contributed by atoms with Crippen molar-refractivity contribution >= 4 is 15.9 Å². The van der Waals surface area contributed by atoms with Crippen molar-refractivity contribution in [1.29, 1.82) is 0 Å². The van der Waals surface area contributed by atoms with Gasteiger partial charge in [0.2, 0.25) is 15.9 Å². The number of rotatable bonds is 9. The van der Waals surface area contributed by atoms with Crippen LogP contribution in [0.5, 0.6) is 0 Å². The first-order chi connectivity index (χ1) is 10.3. The smallest absolute Gasteiger partial charge is 0.221 e. The number of carbonyl (C=O) groups is 1. The quantitative estimate of drug-likeness (QED) is 0.660. The number of ether oxygens (including phenoxy) is 1. The molecule has 1 atom stereocenters. The van der Waals surface area contributed by atoms with E-state index in [-0.39, 0.29) is 12.3 Å². The van der Waals surface area contributed by atoms with E-state index in [4.69, 9.17) is 4.74 Å². The van der Waals surface area contributed by atoms with Crippen LogP contribution < -0.4 is 10.0 Å². The number of nitrogens with one attached hydrogen (secondary N) is 2. The van der Waals surface area contributed by atoms with Crippen molar-refractivity contribution in [2.75, 3.05) is 26.5 Å². The summed E-state index contributed by atoms with van der Waals surface area (Å²) in [6.45, 7) is 0.977. The molecule has 2 N–H and O–H groups in total. The summed E-state index contributed by atoms with van der Waals surface area (Å²) in [4.78, 5) is 11.9. The standard InChI is InChI=1S/C14H21FN2O4S/c1-21-9-3-8-16-14(18)10-13(17-22(2,19)20)11-4-6-12(15)7-5-11/h4-7,13,17H,3,8-10H2,1-2H3,(H,16,18). The van der Waals surface area contributed by atoms with E-state index in [1.807, 2.05) is 0 Å². The summed E-state index contributed by atoms with van der Waals surface area (Å²) in [6.07, 6.45) is 1.62. The van der Waals surface area contributed by atoms with E-state index in [0.717, 1.165) is 6.26 Å². The van der Waals surface area contributed by atoms with E-state index >= 15 is 0 Å². The average molecular weight is 332 g/mol. The Morgan fingerprint density at radius 2 is 1.95 bits per heavy atom. The molecule has 1 aromatic carbocycles. The van der Waals surface area contributed by atoms with Crippen molar-refractivity contribution in [3.63, 3.8) is 0 Å². The second-order valence-electron chi connectivity index (χ2n) is 4.89. The van der Waals surface area contributed by atoms with Crippen molar-refractivity contribution in [2.24, 2.45) is 0 Å². The second kappa shape index (κ2) is 8.82. The fourth-order valence-corrected chi connectivity index (χ4v) is 2.62. The monoisotopic (exact) mass is 332 g/mol. The Hall–Kier alpha value is -1.51. The lowest BCUT2D eigenvalue weighted by atomic mass is 10.0. The number of amides is 1. The lowest BCUT2D eigenvalue weighted by Crippen LogP contribution is -2.33. The fourth-order valence-electron chi connectivity index (χ4n) is 1.88. The van der Waals surface area contributed by atoms with E-state index in [0.29, 0.717) is 25.1 Å². The van der Waals surface area contributed by atoms with Gasteiger partial charge in [0, 0.05) is 26.7 Å². The Kier molecular flexibility index (Phi) is 7.43. The first-order valence-electron chi connectivity index (χ1n) is 6.80. The third-order valence-corrected chi connectivity index (χ3v) is 3.58. The summed E-state index contributed by atoms with van der Waals surface area (Å²) >= 11 is 0. The van der Waals surface area contributed by atoms with Crippen molar-refractivity contribution in [1.82, 2.24) is 10.0 Å². The summed E-state index contributed by atoms with van der Waals surface area (Å²) in [6, 6.07) is 4.62. The number of halogens is 1. The van der Waals surface area contributed by atoms with E-state index in [9.17, 15) is 17.6 Å². The van der Waals surface area contributed by atoms with Gasteiger partial charge in [0.1, 0.15) is 5.82 Å². The highest BCUT2D eigenvalue weighted by atomic mass is 32.2. The molecule has 0 aromatic heterocycles. The third-order valence-electron chi connectivity index (χ3n) is 2.87. The molecule has 6 nitrogen and oxygen atoms in total. The fraction of sp³-hybridized carbons (Fsp3) is 0.500. The Balaban J connectivity index is 2.70. The summed E-state index contributed by atoms with van der Waals surface area (Å²) in [5, 5.41) is 2.69. The van der Waals surface area contributed by atoms with Crippen LogP contribution in [0, 0.1) is 5.82 Å². The SMILES string of the molecule is COCCCNC(=O)CC(NS(C)(=O)=O)c1ccc(F)cc1. The molecular weight excluding hydrogens is 311 g/mol. The van der Waals surface area contributed by atoms with Crippen LogP contribution in [-0.4, -0.2) is 40.8 Å². The lowest BCUT2D eigenvalue weighted by molar-refractivity contribution is -0.121. The molecule has 0 spiro atoms. The van der Waals surface area contributed by atoms with Crippen LogP contribution in [-0.2, 0) is 19.6 Å². The Bertz CT molecular complexity index is 575. The zero-order valence-corrected chi connectivity index (χ0v) is 13.5. The highest BCUT2D eigenvalue weighted by Crippen LogP contribution is 2.18. The molecule has 0 fully saturated rings. The molecule has 0 aliphatic carbocycles. The number of methoxy groups -OCH3 is 1. The lowest BCUT2D eigenvalue weighted by Gasteiger charge is -2.17. The molecule has 1 amide bonds. The van der Waals surface area contributed by atoms with Crippen LogP contribution in [0.15, 0.2) is 24.3 Å². The highest BCUT2D eigenvalue weighted by molar-refractivity contribution is 7.88. The van der Waals surface area contributed by atoms with Gasteiger partial charge in [0.15, 0.2) is 0 Å². The second-order valence-corrected chi connectivity index (χ2v) is 6.67. The average Bonchev–Trinajstić information content (AvgIpc) is 2.42. The van der Waals surface area contributed by atoms with E-state index in [1.165, 1.54) is 24.3 Å². The van der Waals surface area contributed by atoms with Crippen molar-refractivity contribution in [3.8, 4) is 0 Å². The summed E-state index contributed by atoms with van der Waals surface area (Å²) < 4.78 is 43.1. The zero-order chi connectivity index (χ0) is 16.6. The van der Waals surface area contributed by atoms with Gasteiger partial charge >= 0.3 is 0 Å². The van der Waals surface area contributed by atoms with Crippen LogP contribution in [0.1, 0.15) is 24.4 Å². The van der Waals surface area contributed by atoms with Crippen molar-refractivity contribution < 1.29 is 22.3 Å². The molecule has 1 aromatic rings. The number of sulfonamides is 1. The molecule has 1 rings (SSSR count). The largest absolute Gasteiger partial charge is 0.385 e. The number of hydrogen-bond donors (Lipinski definition) is 2. The first kappa shape index (κ1) is 18.5. The first-order valence-corrected chi connectivity index (χ1v) is 8.69. The molecule has 22 heavy (non-hydrogen) atoms. The number of benzene rings is 1. The minimum absolute atomic E-state index is 0.0638. The van der Waals surface area contributed by atoms with Crippen molar-refractivity contribution in [2.45, 2.75) is 18.9 Å². The number of hydrogen-bond acceptors (Lipinski definition) is 4. The highest BCUT2D eigenvalue weighted by Gasteiger charge is 2.19. The predicted molar refractivity (Wildman–Crippen MR) is 81.2 cm³/mol. The molecule has 0 bridgehead atoms. The molecule has 0 heterocycles. The van der Waals surface area contributed by atoms with Crippen LogP contribution >= 0.6 is 0 Å². The maximum Gasteiger partial charge on any atom is 0.221 e.